The molecule has 0 radical (unpaired) electrons. The van der Waals surface area contributed by atoms with Crippen LogP contribution in [0.3, 0.4) is 0 Å². The zero-order chi connectivity index (χ0) is 31.9. The van der Waals surface area contributed by atoms with E-state index in [-0.39, 0.29) is 52.3 Å². The Hall–Kier alpha value is -3.88. The Morgan fingerprint density at radius 3 is 2.40 bits per heavy atom. The molecule has 3 heterocycles. The van der Waals surface area contributed by atoms with E-state index in [1.165, 1.54) is 10.5 Å². The molecule has 0 bridgehead atoms. The van der Waals surface area contributed by atoms with Crippen LogP contribution < -0.4 is 16.4 Å². The first-order valence-corrected chi connectivity index (χ1v) is 16.6. The van der Waals surface area contributed by atoms with E-state index in [1.54, 1.807) is 28.8 Å². The number of piperidine rings is 1. The maximum atomic E-state index is 14.8. The molecule has 0 spiro atoms. The summed E-state index contributed by atoms with van der Waals surface area (Å²) in [4.78, 5) is 25.8. The lowest BCUT2D eigenvalue weighted by atomic mass is 9.85. The summed E-state index contributed by atoms with van der Waals surface area (Å²) in [5.41, 5.74) is 6.93. The highest BCUT2D eigenvalue weighted by molar-refractivity contribution is 7.89. The van der Waals surface area contributed by atoms with Crippen LogP contribution in [0.4, 0.5) is 26.4 Å². The number of aromatic nitrogens is 4. The molecule has 1 saturated heterocycles. The number of halogens is 3. The van der Waals surface area contributed by atoms with Gasteiger partial charge in [0.05, 0.1) is 11.1 Å². The minimum atomic E-state index is -3.68. The van der Waals surface area contributed by atoms with E-state index >= 15 is 0 Å². The van der Waals surface area contributed by atoms with Crippen molar-refractivity contribution in [1.29, 1.82) is 0 Å². The van der Waals surface area contributed by atoms with E-state index in [2.05, 4.69) is 20.6 Å². The summed E-state index contributed by atoms with van der Waals surface area (Å²) >= 11 is 5.82. The van der Waals surface area contributed by atoms with Crippen molar-refractivity contribution in [3.05, 3.63) is 64.8 Å². The number of hydrogen-bond acceptors (Lipinski definition) is 8. The van der Waals surface area contributed by atoms with Gasteiger partial charge in [0.25, 0.3) is 0 Å². The highest BCUT2D eigenvalue weighted by Crippen LogP contribution is 2.38. The van der Waals surface area contributed by atoms with Gasteiger partial charge in [-0.1, -0.05) is 29.3 Å². The number of fused-ring (bicyclic) bond motifs is 1. The predicted molar refractivity (Wildman–Crippen MR) is 167 cm³/mol. The summed E-state index contributed by atoms with van der Waals surface area (Å²) in [7, 11) is -3.68. The van der Waals surface area contributed by atoms with E-state index in [1.807, 2.05) is 6.92 Å². The average Bonchev–Trinajstić information content (AvgIpc) is 3.36. The Labute approximate surface area is 264 Å². The largest absolute Gasteiger partial charge is 0.369 e. The van der Waals surface area contributed by atoms with Gasteiger partial charge in [0.15, 0.2) is 17.3 Å². The first-order chi connectivity index (χ1) is 21.5. The van der Waals surface area contributed by atoms with Crippen LogP contribution in [0.1, 0.15) is 50.1 Å². The second-order valence-corrected chi connectivity index (χ2v) is 14.0. The van der Waals surface area contributed by atoms with Crippen molar-refractivity contribution in [1.82, 2.24) is 23.8 Å². The van der Waals surface area contributed by atoms with Crippen molar-refractivity contribution in [2.45, 2.75) is 62.4 Å². The third kappa shape index (κ3) is 6.44. The van der Waals surface area contributed by atoms with Crippen molar-refractivity contribution in [2.24, 2.45) is 11.7 Å². The number of rotatable bonds is 8. The summed E-state index contributed by atoms with van der Waals surface area (Å²) in [5.74, 6) is -1.95. The molecule has 4 N–H and O–H groups in total. The van der Waals surface area contributed by atoms with Crippen molar-refractivity contribution in [2.75, 3.05) is 23.7 Å². The first-order valence-electron chi connectivity index (χ1n) is 14.8. The Bertz CT molecular complexity index is 1820. The van der Waals surface area contributed by atoms with Crippen LogP contribution >= 0.6 is 11.6 Å². The van der Waals surface area contributed by atoms with Crippen LogP contribution in [-0.4, -0.2) is 57.3 Å². The molecule has 2 aliphatic rings. The molecule has 2 aromatic heterocycles. The zero-order valence-corrected chi connectivity index (χ0v) is 26.1. The molecule has 2 fully saturated rings. The van der Waals surface area contributed by atoms with Gasteiger partial charge in [-0.3, -0.25) is 9.36 Å². The van der Waals surface area contributed by atoms with Gasteiger partial charge in [0.1, 0.15) is 11.2 Å². The summed E-state index contributed by atoms with van der Waals surface area (Å²) in [5, 5.41) is 5.99. The monoisotopic (exact) mass is 658 g/mol. The van der Waals surface area contributed by atoms with Crippen molar-refractivity contribution in [3.63, 3.8) is 0 Å². The number of anilines is 3. The maximum Gasteiger partial charge on any atom is 0.243 e. The molecule has 6 rings (SSSR count). The van der Waals surface area contributed by atoms with E-state index in [0.29, 0.717) is 56.2 Å². The molecule has 1 saturated carbocycles. The third-order valence-electron chi connectivity index (χ3n) is 8.52. The predicted octanol–water partition coefficient (Wildman–Crippen LogP) is 5.29. The Balaban J connectivity index is 1.30. The summed E-state index contributed by atoms with van der Waals surface area (Å²) in [6.45, 7) is 2.54. The molecule has 2 aromatic carbocycles. The van der Waals surface area contributed by atoms with Crippen molar-refractivity contribution in [3.8, 4) is 0 Å². The second-order valence-electron chi connectivity index (χ2n) is 11.6. The van der Waals surface area contributed by atoms with Crippen LogP contribution in [0.25, 0.3) is 11.2 Å². The minimum Gasteiger partial charge on any atom is -0.369 e. The summed E-state index contributed by atoms with van der Waals surface area (Å²) in [6, 6.07) is 8.34. The van der Waals surface area contributed by atoms with Crippen molar-refractivity contribution >= 4 is 56.3 Å². The number of primary amides is 1. The lowest BCUT2D eigenvalue weighted by Crippen LogP contribution is -2.45. The quantitative estimate of drug-likeness (QED) is 0.231. The van der Waals surface area contributed by atoms with E-state index < -0.39 is 27.3 Å². The number of hydrogen-bond donors (Lipinski definition) is 3. The fourth-order valence-corrected chi connectivity index (χ4v) is 7.82. The molecule has 4 aromatic rings. The fraction of sp³-hybridized carbons (Fsp3) is 0.400. The number of nitrogens with one attached hydrogen (secondary N) is 2. The Kier molecular flexibility index (Phi) is 8.63. The second kappa shape index (κ2) is 12.5. The van der Waals surface area contributed by atoms with Gasteiger partial charge in [0.2, 0.25) is 27.8 Å². The molecule has 11 nitrogen and oxygen atoms in total. The number of benzene rings is 2. The molecule has 1 aliphatic heterocycles. The Morgan fingerprint density at radius 1 is 1.04 bits per heavy atom. The number of amides is 1. The standard InChI is InChI=1S/C30H33ClF2N8O3S/c1-17-4-10-22(11-5-17)45(43,44)40-12-2-3-20(16-40)36-29-35-15-25-28(39-29)41(21-8-6-18(7-9-21)27(34)42)30(37-25)38-26-23(32)13-19(31)14-24(26)33/h4-5,10-11,13-15,18,20-21H,2-3,6-9,12,16H2,1H3,(H2,34,42)(H,37,38)(H,35,36,39)/t18-,20-,21-/m1/s1. The van der Waals surface area contributed by atoms with Gasteiger partial charge >= 0.3 is 0 Å². The number of nitrogens with zero attached hydrogens (tertiary/aromatic N) is 5. The number of carbonyl (C=O) groups is 1. The van der Waals surface area contributed by atoms with Crippen LogP contribution in [0.2, 0.25) is 5.02 Å². The molecule has 1 atom stereocenters. The SMILES string of the molecule is Cc1ccc(S(=O)(=O)N2CCC[C@@H](Nc3ncc4nc(Nc5c(F)cc(Cl)cc5F)n([C@H]5CC[C@H](C(N)=O)CC5)c4n3)C2)cc1. The van der Waals surface area contributed by atoms with Crippen molar-refractivity contribution < 1.29 is 22.0 Å². The lowest BCUT2D eigenvalue weighted by Gasteiger charge is -2.32. The molecule has 1 aliphatic carbocycles. The Morgan fingerprint density at radius 2 is 1.73 bits per heavy atom. The number of sulfonamides is 1. The smallest absolute Gasteiger partial charge is 0.243 e. The molecular formula is C30H33ClF2N8O3S. The number of imidazole rings is 1. The van der Waals surface area contributed by atoms with Gasteiger partial charge < -0.3 is 16.4 Å². The van der Waals surface area contributed by atoms with E-state index in [9.17, 15) is 22.0 Å². The molecule has 1 amide bonds. The third-order valence-corrected chi connectivity index (χ3v) is 10.6. The number of aryl methyl sites for hydroxylation is 1. The van der Waals surface area contributed by atoms with Gasteiger partial charge in [-0.2, -0.15) is 9.29 Å². The minimum absolute atomic E-state index is 0.0802. The van der Waals surface area contributed by atoms with Crippen LogP contribution in [0.5, 0.6) is 0 Å². The van der Waals surface area contributed by atoms with E-state index in [0.717, 1.165) is 17.7 Å². The molecular weight excluding hydrogens is 626 g/mol. The normalized spacial score (nSPS) is 21.1. The van der Waals surface area contributed by atoms with E-state index in [4.69, 9.17) is 22.3 Å². The summed E-state index contributed by atoms with van der Waals surface area (Å²) < 4.78 is 59.5. The van der Waals surface area contributed by atoms with Crippen LogP contribution in [0, 0.1) is 24.5 Å². The van der Waals surface area contributed by atoms with Crippen LogP contribution in [-0.2, 0) is 14.8 Å². The maximum absolute atomic E-state index is 14.8. The fourth-order valence-electron chi connectivity index (χ4n) is 6.11. The van der Waals surface area contributed by atoms with Gasteiger partial charge in [0, 0.05) is 36.1 Å². The highest BCUT2D eigenvalue weighted by Gasteiger charge is 2.32. The molecule has 45 heavy (non-hydrogen) atoms. The first kappa shape index (κ1) is 31.1. The zero-order valence-electron chi connectivity index (χ0n) is 24.5. The van der Waals surface area contributed by atoms with Gasteiger partial charge in [-0.25, -0.2) is 27.2 Å². The summed E-state index contributed by atoms with van der Waals surface area (Å²) in [6.07, 6.45) is 5.11. The van der Waals surface area contributed by atoms with Crippen LogP contribution in [0.15, 0.2) is 47.5 Å². The molecule has 15 heteroatoms. The van der Waals surface area contributed by atoms with Gasteiger partial charge in [-0.05, 0) is 69.7 Å². The number of nitrogens with two attached hydrogens (primary N) is 1. The lowest BCUT2D eigenvalue weighted by molar-refractivity contribution is -0.122. The topological polar surface area (TPSA) is 148 Å². The highest BCUT2D eigenvalue weighted by atomic mass is 35.5. The number of carbonyl (C=O) groups excluding carboxylic acids is 1. The van der Waals surface area contributed by atoms with Gasteiger partial charge in [-0.15, -0.1) is 0 Å². The molecule has 0 unspecified atom stereocenters. The average molecular weight is 659 g/mol. The molecule has 238 valence electrons.